The van der Waals surface area contributed by atoms with Gasteiger partial charge in [0.2, 0.25) is 5.91 Å². The summed E-state index contributed by atoms with van der Waals surface area (Å²) in [6, 6.07) is 0. The fraction of sp³-hybridized carbons (Fsp3) is 0.667. The first-order valence-electron chi connectivity index (χ1n) is 7.42. The van der Waals surface area contributed by atoms with Gasteiger partial charge in [0.1, 0.15) is 5.78 Å². The molecule has 20 heavy (non-hydrogen) atoms. The number of carbonyl (C=O) groups excluding carboxylic acids is 2. The van der Waals surface area contributed by atoms with Gasteiger partial charge in [-0.25, -0.2) is 4.98 Å². The van der Waals surface area contributed by atoms with Crippen molar-refractivity contribution in [3.63, 3.8) is 0 Å². The van der Waals surface area contributed by atoms with Crippen LogP contribution in [-0.4, -0.2) is 39.6 Å². The Balaban J connectivity index is 0.000000956. The molecule has 1 aromatic rings. The highest BCUT2D eigenvalue weighted by atomic mass is 16.2. The minimum Gasteiger partial charge on any atom is -0.348 e. The van der Waals surface area contributed by atoms with Gasteiger partial charge in [0.25, 0.3) is 0 Å². The molecule has 1 unspecified atom stereocenters. The molecule has 1 fully saturated rings. The van der Waals surface area contributed by atoms with Crippen molar-refractivity contribution in [3.05, 3.63) is 18.2 Å². The molecule has 0 aliphatic carbocycles. The molecule has 112 valence electrons. The molecule has 2 heterocycles. The van der Waals surface area contributed by atoms with Crippen LogP contribution in [0.15, 0.2) is 12.5 Å². The number of amides is 1. The second-order valence-corrected chi connectivity index (χ2v) is 4.87. The Morgan fingerprint density at radius 2 is 2.20 bits per heavy atom. The number of aryl methyl sites for hydroxylation is 1. The summed E-state index contributed by atoms with van der Waals surface area (Å²) in [7, 11) is 0. The normalized spacial score (nSPS) is 18.1. The molecule has 0 saturated carbocycles. The van der Waals surface area contributed by atoms with Crippen LogP contribution in [0.5, 0.6) is 0 Å². The number of H-pyrrole nitrogens is 1. The first kappa shape index (κ1) is 16.4. The third kappa shape index (κ3) is 4.79. The molecule has 5 heteroatoms. The third-order valence-electron chi connectivity index (χ3n) is 3.51. The molecule has 1 N–H and O–H groups in total. The number of nitrogens with zero attached hydrogens (tertiary/aromatic N) is 2. The minimum absolute atomic E-state index is 0.0369. The number of ketones is 1. The van der Waals surface area contributed by atoms with Crippen LogP contribution in [0.25, 0.3) is 0 Å². The van der Waals surface area contributed by atoms with E-state index in [-0.39, 0.29) is 17.6 Å². The van der Waals surface area contributed by atoms with Crippen LogP contribution < -0.4 is 0 Å². The molecule has 0 spiro atoms. The Kier molecular flexibility index (Phi) is 6.98. The number of likely N-dealkylation sites (tertiary alicyclic amines) is 1. The van der Waals surface area contributed by atoms with Gasteiger partial charge in [-0.2, -0.15) is 0 Å². The van der Waals surface area contributed by atoms with Gasteiger partial charge in [0.05, 0.1) is 6.33 Å². The Hall–Kier alpha value is -1.65. The van der Waals surface area contributed by atoms with Crippen LogP contribution in [0.4, 0.5) is 0 Å². The number of rotatable bonds is 4. The van der Waals surface area contributed by atoms with Crippen molar-refractivity contribution in [3.8, 4) is 0 Å². The highest BCUT2D eigenvalue weighted by molar-refractivity contribution is 5.81. The van der Waals surface area contributed by atoms with Crippen molar-refractivity contribution in [2.45, 2.75) is 46.5 Å². The Bertz CT molecular complexity index is 415. The SMILES string of the molecule is CC.CC(=O)C1CCCN(C(=O)CCc2cnc[nH]2)C1. The number of nitrogens with one attached hydrogen (secondary N) is 1. The van der Waals surface area contributed by atoms with E-state index in [1.165, 1.54) is 0 Å². The first-order chi connectivity index (χ1) is 9.66. The van der Waals surface area contributed by atoms with E-state index in [0.29, 0.717) is 19.4 Å². The molecular weight excluding hydrogens is 254 g/mol. The van der Waals surface area contributed by atoms with Crippen molar-refractivity contribution >= 4 is 11.7 Å². The maximum atomic E-state index is 12.0. The molecule has 0 aromatic carbocycles. The number of imidazole rings is 1. The quantitative estimate of drug-likeness (QED) is 0.918. The number of Topliss-reactive ketones (excluding diaryl/α,β-unsaturated/α-hetero) is 1. The second-order valence-electron chi connectivity index (χ2n) is 4.87. The minimum atomic E-state index is 0.0369. The smallest absolute Gasteiger partial charge is 0.222 e. The van der Waals surface area contributed by atoms with Crippen molar-refractivity contribution in [2.24, 2.45) is 5.92 Å². The van der Waals surface area contributed by atoms with Gasteiger partial charge in [-0.1, -0.05) is 13.8 Å². The standard InChI is InChI=1S/C13H19N3O2.C2H6/c1-10(17)11-3-2-6-16(8-11)13(18)5-4-12-7-14-9-15-12;1-2/h7,9,11H,2-6,8H2,1H3,(H,14,15);1-2H3. The molecule has 1 amide bonds. The predicted octanol–water partition coefficient (Wildman–Crippen LogP) is 2.20. The molecule has 1 aliphatic rings. The van der Waals surface area contributed by atoms with E-state index in [2.05, 4.69) is 9.97 Å². The molecule has 0 radical (unpaired) electrons. The zero-order valence-electron chi connectivity index (χ0n) is 12.7. The Labute approximate surface area is 120 Å². The Morgan fingerprint density at radius 3 is 2.80 bits per heavy atom. The van der Waals surface area contributed by atoms with E-state index < -0.39 is 0 Å². The van der Waals surface area contributed by atoms with E-state index in [0.717, 1.165) is 25.1 Å². The lowest BCUT2D eigenvalue weighted by molar-refractivity contribution is -0.134. The zero-order valence-corrected chi connectivity index (χ0v) is 12.7. The van der Waals surface area contributed by atoms with E-state index in [1.54, 1.807) is 19.4 Å². The summed E-state index contributed by atoms with van der Waals surface area (Å²) in [5.41, 5.74) is 0.975. The number of hydrogen-bond acceptors (Lipinski definition) is 3. The van der Waals surface area contributed by atoms with Gasteiger partial charge in [-0.05, 0) is 26.2 Å². The topological polar surface area (TPSA) is 66.1 Å². The lowest BCUT2D eigenvalue weighted by Crippen LogP contribution is -2.41. The number of aromatic amines is 1. The number of aromatic nitrogens is 2. The number of hydrogen-bond donors (Lipinski definition) is 1. The summed E-state index contributed by atoms with van der Waals surface area (Å²) in [5, 5.41) is 0. The summed E-state index contributed by atoms with van der Waals surface area (Å²) in [4.78, 5) is 32.1. The highest BCUT2D eigenvalue weighted by Crippen LogP contribution is 2.18. The molecular formula is C15H25N3O2. The van der Waals surface area contributed by atoms with Crippen molar-refractivity contribution < 1.29 is 9.59 Å². The summed E-state index contributed by atoms with van der Waals surface area (Å²) in [6.45, 7) is 6.99. The van der Waals surface area contributed by atoms with Crippen LogP contribution in [0.3, 0.4) is 0 Å². The lowest BCUT2D eigenvalue weighted by Gasteiger charge is -2.31. The highest BCUT2D eigenvalue weighted by Gasteiger charge is 2.25. The molecule has 1 aliphatic heterocycles. The van der Waals surface area contributed by atoms with Crippen LogP contribution in [0.2, 0.25) is 0 Å². The molecule has 1 atom stereocenters. The van der Waals surface area contributed by atoms with Crippen molar-refractivity contribution in [1.29, 1.82) is 0 Å². The number of carbonyl (C=O) groups is 2. The largest absolute Gasteiger partial charge is 0.348 e. The molecule has 2 rings (SSSR count). The molecule has 1 saturated heterocycles. The third-order valence-corrected chi connectivity index (χ3v) is 3.51. The maximum Gasteiger partial charge on any atom is 0.222 e. The summed E-state index contributed by atoms with van der Waals surface area (Å²) >= 11 is 0. The average molecular weight is 279 g/mol. The van der Waals surface area contributed by atoms with E-state index in [1.807, 2.05) is 18.7 Å². The van der Waals surface area contributed by atoms with E-state index in [4.69, 9.17) is 0 Å². The van der Waals surface area contributed by atoms with Gasteiger partial charge in [0.15, 0.2) is 0 Å². The van der Waals surface area contributed by atoms with Gasteiger partial charge in [-0.3, -0.25) is 9.59 Å². The molecule has 5 nitrogen and oxygen atoms in total. The van der Waals surface area contributed by atoms with Crippen LogP contribution in [0.1, 0.15) is 45.7 Å². The van der Waals surface area contributed by atoms with Gasteiger partial charge >= 0.3 is 0 Å². The average Bonchev–Trinajstić information content (AvgIpc) is 3.00. The lowest BCUT2D eigenvalue weighted by atomic mass is 9.94. The van der Waals surface area contributed by atoms with Crippen LogP contribution >= 0.6 is 0 Å². The van der Waals surface area contributed by atoms with E-state index >= 15 is 0 Å². The molecule has 1 aromatic heterocycles. The van der Waals surface area contributed by atoms with Gasteiger partial charge in [0, 0.05) is 37.3 Å². The van der Waals surface area contributed by atoms with E-state index in [9.17, 15) is 9.59 Å². The predicted molar refractivity (Wildman–Crippen MR) is 78.2 cm³/mol. The first-order valence-corrected chi connectivity index (χ1v) is 7.42. The fourth-order valence-electron chi connectivity index (χ4n) is 2.36. The summed E-state index contributed by atoms with van der Waals surface area (Å²) in [5.74, 6) is 0.367. The summed E-state index contributed by atoms with van der Waals surface area (Å²) in [6.07, 6.45) is 6.36. The number of piperidine rings is 1. The summed E-state index contributed by atoms with van der Waals surface area (Å²) < 4.78 is 0. The van der Waals surface area contributed by atoms with Crippen molar-refractivity contribution in [2.75, 3.05) is 13.1 Å². The zero-order chi connectivity index (χ0) is 15.0. The van der Waals surface area contributed by atoms with Crippen molar-refractivity contribution in [1.82, 2.24) is 14.9 Å². The van der Waals surface area contributed by atoms with Crippen LogP contribution in [0, 0.1) is 5.92 Å². The molecule has 0 bridgehead atoms. The van der Waals surface area contributed by atoms with Gasteiger partial charge < -0.3 is 9.88 Å². The fourth-order valence-corrected chi connectivity index (χ4v) is 2.36. The second kappa shape index (κ2) is 8.51. The van der Waals surface area contributed by atoms with Gasteiger partial charge in [-0.15, -0.1) is 0 Å². The Morgan fingerprint density at radius 1 is 1.45 bits per heavy atom. The maximum absolute atomic E-state index is 12.0. The monoisotopic (exact) mass is 279 g/mol. The van der Waals surface area contributed by atoms with Crippen LogP contribution in [-0.2, 0) is 16.0 Å².